The molecule has 3 heterocycles. The highest BCUT2D eigenvalue weighted by Gasteiger charge is 2.39. The summed E-state index contributed by atoms with van der Waals surface area (Å²) in [5.74, 6) is 1.70. The van der Waals surface area contributed by atoms with E-state index >= 15 is 0 Å². The summed E-state index contributed by atoms with van der Waals surface area (Å²) in [6, 6.07) is 12.3. The number of fused-ring (bicyclic) bond motifs is 1. The minimum absolute atomic E-state index is 0.0330. The largest absolute Gasteiger partial charge is 0.495 e. The Kier molecular flexibility index (Phi) is 8.21. The number of nitrogens with one attached hydrogen (secondary N) is 2. The normalized spacial score (nSPS) is 18.5. The molecule has 39 heavy (non-hydrogen) atoms. The summed E-state index contributed by atoms with van der Waals surface area (Å²) in [4.78, 5) is 24.1. The van der Waals surface area contributed by atoms with Gasteiger partial charge in [-0.05, 0) is 103 Å². The molecule has 1 saturated heterocycles. The first kappa shape index (κ1) is 27.6. The number of aromatic nitrogens is 2. The van der Waals surface area contributed by atoms with Crippen molar-refractivity contribution < 1.29 is 14.6 Å². The number of aryl methyl sites for hydroxylation is 2. The monoisotopic (exact) mass is 593 g/mol. The van der Waals surface area contributed by atoms with E-state index in [9.17, 15) is 9.90 Å². The molecule has 0 aliphatic carbocycles. The number of aliphatic hydroxyl groups is 1. The average Bonchev–Trinajstić information content (AvgIpc) is 3.17. The maximum Gasteiger partial charge on any atom is 0.234 e. The van der Waals surface area contributed by atoms with Gasteiger partial charge in [0, 0.05) is 25.0 Å². The van der Waals surface area contributed by atoms with Crippen molar-refractivity contribution in [3.8, 4) is 5.75 Å². The Morgan fingerprint density at radius 3 is 2.90 bits per heavy atom. The van der Waals surface area contributed by atoms with Gasteiger partial charge in [-0.15, -0.1) is 0 Å². The van der Waals surface area contributed by atoms with Crippen molar-refractivity contribution in [2.45, 2.75) is 50.9 Å². The lowest BCUT2D eigenvalue weighted by Crippen LogP contribution is -2.36. The van der Waals surface area contributed by atoms with Crippen LogP contribution in [0.4, 0.5) is 17.3 Å². The van der Waals surface area contributed by atoms with Crippen molar-refractivity contribution in [3.63, 3.8) is 0 Å². The van der Waals surface area contributed by atoms with Gasteiger partial charge in [0.2, 0.25) is 11.9 Å². The van der Waals surface area contributed by atoms with Crippen LogP contribution in [0.1, 0.15) is 55.0 Å². The van der Waals surface area contributed by atoms with Crippen LogP contribution < -0.4 is 15.4 Å². The topological polar surface area (TPSA) is 99.6 Å². The van der Waals surface area contributed by atoms with E-state index in [4.69, 9.17) is 9.72 Å². The van der Waals surface area contributed by atoms with Crippen LogP contribution in [0.5, 0.6) is 5.75 Å². The van der Waals surface area contributed by atoms with Gasteiger partial charge in [0.1, 0.15) is 5.75 Å². The van der Waals surface area contributed by atoms with E-state index in [0.29, 0.717) is 18.3 Å². The molecular formula is C30H36BrN5O3. The average molecular weight is 595 g/mol. The van der Waals surface area contributed by atoms with Crippen LogP contribution in [0.2, 0.25) is 0 Å². The molecule has 2 aliphatic rings. The summed E-state index contributed by atoms with van der Waals surface area (Å²) in [6.45, 7) is 6.83. The van der Waals surface area contributed by atoms with Crippen LogP contribution in [-0.4, -0.2) is 59.2 Å². The first-order valence-corrected chi connectivity index (χ1v) is 14.3. The zero-order chi connectivity index (χ0) is 27.6. The number of methoxy groups -OCH3 is 1. The van der Waals surface area contributed by atoms with E-state index in [-0.39, 0.29) is 12.5 Å². The minimum atomic E-state index is -0.557. The van der Waals surface area contributed by atoms with Crippen molar-refractivity contribution >= 4 is 39.2 Å². The number of aliphatic hydroxyl groups excluding tert-OH is 1. The first-order valence-electron chi connectivity index (χ1n) is 13.5. The smallest absolute Gasteiger partial charge is 0.234 e. The van der Waals surface area contributed by atoms with Crippen LogP contribution in [0.15, 0.2) is 47.1 Å². The Hall–Kier alpha value is -3.01. The Bertz CT molecular complexity index is 1360. The lowest BCUT2D eigenvalue weighted by atomic mass is 9.82. The molecule has 1 aromatic heterocycles. The highest BCUT2D eigenvalue weighted by Crippen LogP contribution is 2.40. The van der Waals surface area contributed by atoms with Crippen LogP contribution in [0.25, 0.3) is 0 Å². The van der Waals surface area contributed by atoms with Crippen molar-refractivity contribution in [3.05, 3.63) is 69.5 Å². The lowest BCUT2D eigenvalue weighted by molar-refractivity contribution is -0.119. The van der Waals surface area contributed by atoms with Gasteiger partial charge < -0.3 is 25.4 Å². The molecule has 1 atom stereocenters. The maximum atomic E-state index is 12.5. The second kappa shape index (κ2) is 11.6. The quantitative estimate of drug-likeness (QED) is 0.314. The number of rotatable bonds is 9. The summed E-state index contributed by atoms with van der Waals surface area (Å²) >= 11 is 3.62. The molecule has 8 nitrogen and oxygen atoms in total. The second-order valence-electron chi connectivity index (χ2n) is 10.9. The molecule has 0 spiro atoms. The van der Waals surface area contributed by atoms with E-state index in [1.807, 2.05) is 32.0 Å². The molecule has 0 radical (unpaired) electrons. The van der Waals surface area contributed by atoms with E-state index in [1.54, 1.807) is 13.3 Å². The molecule has 1 amide bonds. The molecular weight excluding hydrogens is 558 g/mol. The van der Waals surface area contributed by atoms with Gasteiger partial charge in [0.15, 0.2) is 0 Å². The molecule has 2 aromatic carbocycles. The summed E-state index contributed by atoms with van der Waals surface area (Å²) in [5.41, 5.74) is 5.50. The van der Waals surface area contributed by atoms with E-state index in [1.165, 1.54) is 5.56 Å². The number of β-amino-alcohol motifs (C(OH)–C–C–N with tert-alkyl or cyclic N) is 1. The van der Waals surface area contributed by atoms with Crippen molar-refractivity contribution in [2.75, 3.05) is 44.0 Å². The summed E-state index contributed by atoms with van der Waals surface area (Å²) in [6.07, 6.45) is 5.47. The molecule has 206 valence electrons. The van der Waals surface area contributed by atoms with Gasteiger partial charge in [0.25, 0.3) is 0 Å². The molecule has 1 fully saturated rings. The fourth-order valence-corrected chi connectivity index (χ4v) is 6.18. The zero-order valence-electron chi connectivity index (χ0n) is 22.8. The van der Waals surface area contributed by atoms with E-state index in [2.05, 4.69) is 54.6 Å². The number of hydrogen-bond acceptors (Lipinski definition) is 7. The Morgan fingerprint density at radius 2 is 2.10 bits per heavy atom. The molecule has 9 heteroatoms. The lowest BCUT2D eigenvalue weighted by Gasteiger charge is -2.32. The molecule has 0 bridgehead atoms. The van der Waals surface area contributed by atoms with E-state index in [0.717, 1.165) is 77.3 Å². The van der Waals surface area contributed by atoms with Crippen LogP contribution >= 0.6 is 15.9 Å². The fourth-order valence-electron chi connectivity index (χ4n) is 5.79. The van der Waals surface area contributed by atoms with Gasteiger partial charge in [-0.3, -0.25) is 4.79 Å². The summed E-state index contributed by atoms with van der Waals surface area (Å²) in [7, 11) is 1.68. The number of piperidine rings is 1. The van der Waals surface area contributed by atoms with Gasteiger partial charge in [-0.1, -0.05) is 18.2 Å². The third kappa shape index (κ3) is 5.81. The predicted molar refractivity (Wildman–Crippen MR) is 157 cm³/mol. The van der Waals surface area contributed by atoms with Crippen molar-refractivity contribution in [1.82, 2.24) is 14.9 Å². The van der Waals surface area contributed by atoms with Gasteiger partial charge in [-0.2, -0.15) is 0 Å². The van der Waals surface area contributed by atoms with Crippen molar-refractivity contribution in [1.29, 1.82) is 0 Å². The number of likely N-dealkylation sites (tertiary alicyclic amines) is 1. The number of amides is 1. The van der Waals surface area contributed by atoms with Gasteiger partial charge in [-0.25, -0.2) is 9.97 Å². The number of ether oxygens (including phenoxy) is 1. The molecule has 0 saturated carbocycles. The predicted octanol–water partition coefficient (Wildman–Crippen LogP) is 5.18. The summed E-state index contributed by atoms with van der Waals surface area (Å²) < 4.78 is 6.59. The number of nitrogens with zero attached hydrogens (tertiary/aromatic N) is 3. The maximum absolute atomic E-state index is 12.5. The molecule has 3 N–H and O–H groups in total. The number of benzene rings is 2. The Balaban J connectivity index is 1.31. The molecule has 2 aliphatic heterocycles. The first-order chi connectivity index (χ1) is 18.8. The highest BCUT2D eigenvalue weighted by molar-refractivity contribution is 9.10. The van der Waals surface area contributed by atoms with Gasteiger partial charge >= 0.3 is 0 Å². The Labute approximate surface area is 238 Å². The minimum Gasteiger partial charge on any atom is -0.495 e. The number of hydrogen-bond donors (Lipinski definition) is 3. The second-order valence-corrected chi connectivity index (χ2v) is 11.7. The van der Waals surface area contributed by atoms with E-state index < -0.39 is 5.41 Å². The number of anilines is 3. The molecule has 1 unspecified atom stereocenters. The number of carbonyl (C=O) groups excluding carboxylic acids is 1. The van der Waals surface area contributed by atoms with Crippen molar-refractivity contribution in [2.24, 2.45) is 0 Å². The zero-order valence-corrected chi connectivity index (χ0v) is 24.3. The fraction of sp³-hybridized carbons (Fsp3) is 0.433. The van der Waals surface area contributed by atoms with Gasteiger partial charge in [0.05, 0.1) is 35.0 Å². The van der Waals surface area contributed by atoms with Crippen LogP contribution in [0.3, 0.4) is 0 Å². The number of halogens is 1. The SMILES string of the molecule is COc1cc(C2CCCN(CCO)C2)ccc1Nc1ncc(Br)c(CCc2cccc3c2C(C)(C)C(=O)N3)n1. The summed E-state index contributed by atoms with van der Waals surface area (Å²) in [5, 5.41) is 15.7. The van der Waals surface area contributed by atoms with Crippen LogP contribution in [-0.2, 0) is 23.1 Å². The molecule has 3 aromatic rings. The third-order valence-electron chi connectivity index (χ3n) is 7.90. The third-order valence-corrected chi connectivity index (χ3v) is 8.57. The number of carbonyl (C=O) groups is 1. The highest BCUT2D eigenvalue weighted by atomic mass is 79.9. The van der Waals surface area contributed by atoms with Crippen LogP contribution in [0, 0.1) is 0 Å². The molecule has 5 rings (SSSR count). The standard InChI is InChI=1S/C30H36BrN5O3/c1-30(2)27-19(6-4-8-25(27)33-28(30)38)9-11-23-22(31)17-32-29(34-23)35-24-12-10-20(16-26(24)39-3)21-7-5-13-36(18-21)14-15-37/h4,6,8,10,12,16-17,21,37H,5,7,9,11,13-15,18H2,1-3H3,(H,33,38)(H,32,34,35). The Morgan fingerprint density at radius 1 is 1.26 bits per heavy atom.